The van der Waals surface area contributed by atoms with Crippen LogP contribution in [-0.2, 0) is 12.7 Å². The maximum absolute atomic E-state index is 13.9. The first kappa shape index (κ1) is 24.0. The van der Waals surface area contributed by atoms with Gasteiger partial charge in [0, 0.05) is 17.4 Å². The number of benzene rings is 3. The zero-order valence-electron chi connectivity index (χ0n) is 19.2. The molecule has 0 atom stereocenters. The van der Waals surface area contributed by atoms with E-state index in [-0.39, 0.29) is 18.1 Å². The molecular weight excluding hydrogens is 492 g/mol. The summed E-state index contributed by atoms with van der Waals surface area (Å²) in [6, 6.07) is 16.8. The van der Waals surface area contributed by atoms with Crippen molar-refractivity contribution in [3.8, 4) is 11.4 Å². The Morgan fingerprint density at radius 1 is 1.08 bits per heavy atom. The minimum Gasteiger partial charge on any atom is -0.497 e. The first-order chi connectivity index (χ1) is 17.7. The van der Waals surface area contributed by atoms with Gasteiger partial charge in [-0.1, -0.05) is 18.2 Å². The molecule has 0 aliphatic heterocycles. The Balaban J connectivity index is 1.52. The van der Waals surface area contributed by atoms with Crippen LogP contribution in [0.5, 0.6) is 5.75 Å². The summed E-state index contributed by atoms with van der Waals surface area (Å²) in [6.07, 6.45) is -2.66. The molecule has 188 valence electrons. The Morgan fingerprint density at radius 2 is 1.86 bits per heavy atom. The Morgan fingerprint density at radius 3 is 2.54 bits per heavy atom. The van der Waals surface area contributed by atoms with E-state index in [1.165, 1.54) is 46.9 Å². The maximum Gasteiger partial charge on any atom is 0.434 e. The van der Waals surface area contributed by atoms with Gasteiger partial charge in [0.2, 0.25) is 0 Å². The van der Waals surface area contributed by atoms with Crippen LogP contribution in [0, 0.1) is 5.82 Å². The average molecular weight is 510 g/mol. The number of hydrogen-bond acceptors (Lipinski definition) is 5. The number of anilines is 1. The molecule has 1 amide bonds. The monoisotopic (exact) mass is 510 g/mol. The molecule has 0 saturated heterocycles. The predicted octanol–water partition coefficient (Wildman–Crippen LogP) is 6.03. The molecule has 0 aliphatic rings. The number of oxazole rings is 1. The van der Waals surface area contributed by atoms with Crippen LogP contribution in [0.2, 0.25) is 0 Å². The van der Waals surface area contributed by atoms with Crippen LogP contribution in [0.25, 0.3) is 16.8 Å². The highest BCUT2D eigenvalue weighted by molar-refractivity contribution is 6.05. The zero-order valence-corrected chi connectivity index (χ0v) is 19.2. The number of alkyl halides is 3. The van der Waals surface area contributed by atoms with Gasteiger partial charge in [-0.15, -0.1) is 0 Å². The van der Waals surface area contributed by atoms with E-state index in [0.29, 0.717) is 22.5 Å². The molecule has 0 bridgehead atoms. The number of carbonyl (C=O) groups excluding carboxylic acids is 1. The van der Waals surface area contributed by atoms with Gasteiger partial charge in [0.25, 0.3) is 5.91 Å². The predicted molar refractivity (Wildman–Crippen MR) is 126 cm³/mol. The molecule has 37 heavy (non-hydrogen) atoms. The van der Waals surface area contributed by atoms with Gasteiger partial charge in [-0.25, -0.2) is 9.37 Å². The number of methoxy groups -OCH3 is 1. The fourth-order valence-corrected chi connectivity index (χ4v) is 3.71. The van der Waals surface area contributed by atoms with Gasteiger partial charge in [0.05, 0.1) is 20.0 Å². The summed E-state index contributed by atoms with van der Waals surface area (Å²) in [5, 5.41) is 0. The number of imidazole rings is 1. The van der Waals surface area contributed by atoms with Crippen LogP contribution in [0.4, 0.5) is 23.6 Å². The summed E-state index contributed by atoms with van der Waals surface area (Å²) < 4.78 is 64.9. The molecule has 2 aromatic heterocycles. The second kappa shape index (κ2) is 9.41. The van der Waals surface area contributed by atoms with Gasteiger partial charge in [-0.2, -0.15) is 18.2 Å². The molecular formula is C26H18F4N4O3. The standard InChI is InChI=1S/C26H18F4N4O3/c1-36-20-8-5-16(6-9-20)13-34(24(35)17-3-2-4-18(27)11-17)25-32-21-12-19(7-10-22(21)37-25)33-14-23(31-15-33)26(28,29)30/h2-12,14-15H,13H2,1H3. The molecule has 0 saturated carbocycles. The molecule has 0 aliphatic carbocycles. The Kier molecular flexibility index (Phi) is 6.12. The van der Waals surface area contributed by atoms with E-state index in [4.69, 9.17) is 9.15 Å². The third-order valence-corrected chi connectivity index (χ3v) is 5.58. The van der Waals surface area contributed by atoms with Gasteiger partial charge in [-0.05, 0) is 54.1 Å². The molecule has 0 unspecified atom stereocenters. The Hall–Kier alpha value is -4.67. The minimum absolute atomic E-state index is 0.0511. The summed E-state index contributed by atoms with van der Waals surface area (Å²) >= 11 is 0. The number of nitrogens with zero attached hydrogens (tertiary/aromatic N) is 4. The van der Waals surface area contributed by atoms with Crippen LogP contribution >= 0.6 is 0 Å². The van der Waals surface area contributed by atoms with E-state index in [9.17, 15) is 22.4 Å². The second-order valence-electron chi connectivity index (χ2n) is 8.06. The van der Waals surface area contributed by atoms with Crippen molar-refractivity contribution in [2.75, 3.05) is 12.0 Å². The van der Waals surface area contributed by atoms with Gasteiger partial charge in [0.1, 0.15) is 17.1 Å². The lowest BCUT2D eigenvalue weighted by molar-refractivity contribution is -0.140. The number of ether oxygens (including phenoxy) is 1. The lowest BCUT2D eigenvalue weighted by Crippen LogP contribution is -2.30. The fraction of sp³-hybridized carbons (Fsp3) is 0.115. The van der Waals surface area contributed by atoms with Gasteiger partial charge in [0.15, 0.2) is 11.3 Å². The smallest absolute Gasteiger partial charge is 0.434 e. The lowest BCUT2D eigenvalue weighted by atomic mass is 10.1. The molecule has 0 N–H and O–H groups in total. The van der Waals surface area contributed by atoms with Crippen LogP contribution in [0.15, 0.2) is 83.7 Å². The normalized spacial score (nSPS) is 11.6. The van der Waals surface area contributed by atoms with Gasteiger partial charge in [-0.3, -0.25) is 9.69 Å². The molecule has 7 nitrogen and oxygen atoms in total. The summed E-state index contributed by atoms with van der Waals surface area (Å²) in [5.74, 6) is -0.489. The van der Waals surface area contributed by atoms with E-state index in [0.717, 1.165) is 24.2 Å². The first-order valence-electron chi connectivity index (χ1n) is 10.9. The Labute approximate surface area is 207 Å². The van der Waals surface area contributed by atoms with Crippen LogP contribution in [0.3, 0.4) is 0 Å². The molecule has 0 fully saturated rings. The number of halogens is 4. The van der Waals surface area contributed by atoms with Crippen molar-refractivity contribution in [3.05, 3.63) is 102 Å². The zero-order chi connectivity index (χ0) is 26.2. The summed E-state index contributed by atoms with van der Waals surface area (Å²) in [5.41, 5.74) is 0.776. The van der Waals surface area contributed by atoms with Crippen molar-refractivity contribution in [2.45, 2.75) is 12.7 Å². The third kappa shape index (κ3) is 5.01. The van der Waals surface area contributed by atoms with Crippen molar-refractivity contribution < 1.29 is 31.5 Å². The highest BCUT2D eigenvalue weighted by Crippen LogP contribution is 2.30. The summed E-state index contributed by atoms with van der Waals surface area (Å²) in [7, 11) is 1.54. The number of rotatable bonds is 6. The fourth-order valence-electron chi connectivity index (χ4n) is 3.71. The largest absolute Gasteiger partial charge is 0.497 e. The molecule has 0 spiro atoms. The average Bonchev–Trinajstić information content (AvgIpc) is 3.54. The van der Waals surface area contributed by atoms with Gasteiger partial charge >= 0.3 is 12.2 Å². The van der Waals surface area contributed by atoms with E-state index in [1.807, 2.05) is 0 Å². The molecule has 0 radical (unpaired) electrons. The Bertz CT molecular complexity index is 1580. The van der Waals surface area contributed by atoms with E-state index < -0.39 is 23.6 Å². The first-order valence-corrected chi connectivity index (χ1v) is 10.9. The number of fused-ring (bicyclic) bond motifs is 1. The molecule has 5 rings (SSSR count). The summed E-state index contributed by atoms with van der Waals surface area (Å²) in [6.45, 7) is 0.0511. The number of amides is 1. The maximum atomic E-state index is 13.9. The molecule has 3 aromatic carbocycles. The van der Waals surface area contributed by atoms with Crippen molar-refractivity contribution >= 4 is 23.0 Å². The van der Waals surface area contributed by atoms with Gasteiger partial charge < -0.3 is 13.7 Å². The third-order valence-electron chi connectivity index (χ3n) is 5.58. The highest BCUT2D eigenvalue weighted by atomic mass is 19.4. The van der Waals surface area contributed by atoms with Crippen molar-refractivity contribution in [2.24, 2.45) is 0 Å². The topological polar surface area (TPSA) is 73.4 Å². The minimum atomic E-state index is -4.57. The second-order valence-corrected chi connectivity index (χ2v) is 8.06. The quantitative estimate of drug-likeness (QED) is 0.261. The van der Waals surface area contributed by atoms with Crippen molar-refractivity contribution in [3.63, 3.8) is 0 Å². The highest BCUT2D eigenvalue weighted by Gasteiger charge is 2.33. The van der Waals surface area contributed by atoms with E-state index in [2.05, 4.69) is 9.97 Å². The molecule has 5 aromatic rings. The van der Waals surface area contributed by atoms with E-state index in [1.54, 1.807) is 30.3 Å². The van der Waals surface area contributed by atoms with Crippen LogP contribution < -0.4 is 9.64 Å². The van der Waals surface area contributed by atoms with E-state index >= 15 is 0 Å². The lowest BCUT2D eigenvalue weighted by Gasteiger charge is -2.19. The number of hydrogen-bond donors (Lipinski definition) is 0. The molecule has 11 heteroatoms. The van der Waals surface area contributed by atoms with Crippen LogP contribution in [-0.4, -0.2) is 27.6 Å². The molecule has 2 heterocycles. The number of aromatic nitrogens is 3. The number of carbonyl (C=O) groups is 1. The summed E-state index contributed by atoms with van der Waals surface area (Å²) in [4.78, 5) is 22.5. The van der Waals surface area contributed by atoms with Crippen molar-refractivity contribution in [1.82, 2.24) is 14.5 Å². The van der Waals surface area contributed by atoms with Crippen molar-refractivity contribution in [1.29, 1.82) is 0 Å². The van der Waals surface area contributed by atoms with Crippen LogP contribution in [0.1, 0.15) is 21.6 Å². The SMILES string of the molecule is COc1ccc(CN(C(=O)c2cccc(F)c2)c2nc3cc(-n4cnc(C(F)(F)F)c4)ccc3o2)cc1.